The van der Waals surface area contributed by atoms with E-state index in [-0.39, 0.29) is 5.75 Å². The van der Waals surface area contributed by atoms with E-state index in [1.165, 1.54) is 7.11 Å². The van der Waals surface area contributed by atoms with Gasteiger partial charge in [-0.15, -0.1) is 0 Å². The molecule has 0 aliphatic rings. The third-order valence-electron chi connectivity index (χ3n) is 2.44. The molecule has 0 bridgehead atoms. The van der Waals surface area contributed by atoms with Gasteiger partial charge in [-0.2, -0.15) is 0 Å². The number of hydrogen-bond donors (Lipinski definition) is 2. The van der Waals surface area contributed by atoms with E-state index in [9.17, 15) is 5.11 Å². The summed E-state index contributed by atoms with van der Waals surface area (Å²) < 4.78 is 5.02. The molecule has 0 aliphatic carbocycles. The van der Waals surface area contributed by atoms with E-state index in [4.69, 9.17) is 10.5 Å². The smallest absolute Gasteiger partial charge is 0.161 e. The Bertz CT molecular complexity index is 364. The Morgan fingerprint density at radius 1 is 1.35 bits per heavy atom. The topological polar surface area (TPSA) is 67.8 Å². The molecule has 94 valence electrons. The molecule has 0 fully saturated rings. The Hall–Kier alpha value is -1.55. The lowest BCUT2D eigenvalue weighted by Gasteiger charge is -2.03. The predicted molar refractivity (Wildman–Crippen MR) is 70.0 cm³/mol. The van der Waals surface area contributed by atoms with Gasteiger partial charge < -0.3 is 15.6 Å². The highest BCUT2D eigenvalue weighted by Crippen LogP contribution is 2.25. The Labute approximate surface area is 102 Å². The fourth-order valence-corrected chi connectivity index (χ4v) is 1.47. The van der Waals surface area contributed by atoms with Gasteiger partial charge in [0.05, 0.1) is 7.11 Å². The molecule has 4 nitrogen and oxygen atoms in total. The van der Waals surface area contributed by atoms with Crippen molar-refractivity contribution in [2.45, 2.75) is 19.3 Å². The molecule has 0 saturated carbocycles. The standard InChI is InChI=1S/C13H20N2O2/c1-17-13-9-11(5-6-12(13)16)10-15-8-4-2-3-7-14/h5-6,9-10,16H,2-4,7-8,14H2,1H3. The number of phenolic OH excluding ortho intramolecular Hbond substituents is 1. The van der Waals surface area contributed by atoms with E-state index in [1.54, 1.807) is 24.4 Å². The Morgan fingerprint density at radius 2 is 2.18 bits per heavy atom. The fourth-order valence-electron chi connectivity index (χ4n) is 1.47. The summed E-state index contributed by atoms with van der Waals surface area (Å²) >= 11 is 0. The summed E-state index contributed by atoms with van der Waals surface area (Å²) in [5.74, 6) is 0.615. The summed E-state index contributed by atoms with van der Waals surface area (Å²) in [6, 6.07) is 5.18. The van der Waals surface area contributed by atoms with Gasteiger partial charge in [0, 0.05) is 12.8 Å². The molecule has 1 aromatic rings. The van der Waals surface area contributed by atoms with E-state index in [0.717, 1.165) is 37.9 Å². The quantitative estimate of drug-likeness (QED) is 0.561. The molecular formula is C13H20N2O2. The zero-order chi connectivity index (χ0) is 12.5. The molecule has 1 rings (SSSR count). The van der Waals surface area contributed by atoms with Crippen LogP contribution < -0.4 is 10.5 Å². The zero-order valence-electron chi connectivity index (χ0n) is 10.2. The number of benzene rings is 1. The van der Waals surface area contributed by atoms with Crippen molar-refractivity contribution in [3.63, 3.8) is 0 Å². The van der Waals surface area contributed by atoms with Crippen molar-refractivity contribution in [2.75, 3.05) is 20.2 Å². The zero-order valence-corrected chi connectivity index (χ0v) is 10.2. The van der Waals surface area contributed by atoms with Gasteiger partial charge >= 0.3 is 0 Å². The van der Waals surface area contributed by atoms with Crippen LogP contribution in [0.25, 0.3) is 0 Å². The molecule has 0 amide bonds. The maximum absolute atomic E-state index is 9.42. The van der Waals surface area contributed by atoms with Crippen LogP contribution in [0.15, 0.2) is 23.2 Å². The van der Waals surface area contributed by atoms with Crippen molar-refractivity contribution >= 4 is 6.21 Å². The van der Waals surface area contributed by atoms with Gasteiger partial charge in [0.15, 0.2) is 11.5 Å². The summed E-state index contributed by atoms with van der Waals surface area (Å²) in [7, 11) is 1.53. The SMILES string of the molecule is COc1cc(C=NCCCCCN)ccc1O. The van der Waals surface area contributed by atoms with Gasteiger partial charge in [-0.3, -0.25) is 4.99 Å². The molecule has 3 N–H and O–H groups in total. The highest BCUT2D eigenvalue weighted by molar-refractivity contribution is 5.80. The summed E-state index contributed by atoms with van der Waals surface area (Å²) in [4.78, 5) is 4.32. The molecular weight excluding hydrogens is 216 g/mol. The first-order valence-electron chi connectivity index (χ1n) is 5.85. The van der Waals surface area contributed by atoms with E-state index in [0.29, 0.717) is 5.75 Å². The molecule has 17 heavy (non-hydrogen) atoms. The minimum absolute atomic E-state index is 0.146. The molecule has 1 aromatic carbocycles. The molecule has 0 spiro atoms. The van der Waals surface area contributed by atoms with Crippen LogP contribution in [0.2, 0.25) is 0 Å². The first-order valence-corrected chi connectivity index (χ1v) is 5.85. The highest BCUT2D eigenvalue weighted by atomic mass is 16.5. The van der Waals surface area contributed by atoms with Gasteiger partial charge in [0.25, 0.3) is 0 Å². The van der Waals surface area contributed by atoms with Crippen LogP contribution in [-0.4, -0.2) is 31.5 Å². The first-order chi connectivity index (χ1) is 8.27. The number of unbranched alkanes of at least 4 members (excludes halogenated alkanes) is 2. The Morgan fingerprint density at radius 3 is 2.88 bits per heavy atom. The number of rotatable bonds is 7. The van der Waals surface area contributed by atoms with Crippen molar-refractivity contribution in [2.24, 2.45) is 10.7 Å². The molecule has 0 aromatic heterocycles. The maximum atomic E-state index is 9.42. The van der Waals surface area contributed by atoms with Crippen molar-refractivity contribution in [3.8, 4) is 11.5 Å². The summed E-state index contributed by atoms with van der Waals surface area (Å²) in [5.41, 5.74) is 6.33. The number of nitrogens with two attached hydrogens (primary N) is 1. The van der Waals surface area contributed by atoms with Crippen LogP contribution in [0.3, 0.4) is 0 Å². The van der Waals surface area contributed by atoms with E-state index >= 15 is 0 Å². The fraction of sp³-hybridized carbons (Fsp3) is 0.462. The molecule has 0 saturated heterocycles. The molecule has 4 heteroatoms. The second kappa shape index (κ2) is 7.68. The lowest BCUT2D eigenvalue weighted by atomic mass is 10.2. The average molecular weight is 236 g/mol. The number of methoxy groups -OCH3 is 1. The number of phenols is 1. The monoisotopic (exact) mass is 236 g/mol. The average Bonchev–Trinajstić information content (AvgIpc) is 2.35. The van der Waals surface area contributed by atoms with Crippen LogP contribution in [0.4, 0.5) is 0 Å². The largest absolute Gasteiger partial charge is 0.504 e. The second-order valence-electron chi connectivity index (χ2n) is 3.82. The Kier molecular flexibility index (Phi) is 6.10. The minimum Gasteiger partial charge on any atom is -0.504 e. The van der Waals surface area contributed by atoms with Gasteiger partial charge in [0.1, 0.15) is 0 Å². The van der Waals surface area contributed by atoms with Gasteiger partial charge in [-0.1, -0.05) is 6.42 Å². The summed E-state index contributed by atoms with van der Waals surface area (Å²) in [6.07, 6.45) is 5.03. The van der Waals surface area contributed by atoms with Gasteiger partial charge in [0.2, 0.25) is 0 Å². The molecule has 0 heterocycles. The molecule has 0 atom stereocenters. The second-order valence-corrected chi connectivity index (χ2v) is 3.82. The number of aromatic hydroxyl groups is 1. The minimum atomic E-state index is 0.146. The summed E-state index contributed by atoms with van der Waals surface area (Å²) in [6.45, 7) is 1.56. The van der Waals surface area contributed by atoms with Crippen molar-refractivity contribution in [1.29, 1.82) is 0 Å². The molecule has 0 unspecified atom stereocenters. The third-order valence-corrected chi connectivity index (χ3v) is 2.44. The van der Waals surface area contributed by atoms with Gasteiger partial charge in [-0.05, 0) is 43.1 Å². The number of hydrogen-bond acceptors (Lipinski definition) is 4. The highest BCUT2D eigenvalue weighted by Gasteiger charge is 2.00. The van der Waals surface area contributed by atoms with E-state index in [2.05, 4.69) is 4.99 Å². The lowest BCUT2D eigenvalue weighted by Crippen LogP contribution is -1.98. The Balaban J connectivity index is 2.42. The molecule has 0 radical (unpaired) electrons. The number of ether oxygens (including phenoxy) is 1. The predicted octanol–water partition coefficient (Wildman–Crippen LogP) is 1.95. The van der Waals surface area contributed by atoms with Gasteiger partial charge in [-0.25, -0.2) is 0 Å². The van der Waals surface area contributed by atoms with Crippen LogP contribution in [0.5, 0.6) is 11.5 Å². The normalized spacial score (nSPS) is 10.9. The van der Waals surface area contributed by atoms with Crippen molar-refractivity contribution in [3.05, 3.63) is 23.8 Å². The summed E-state index contributed by atoms with van der Waals surface area (Å²) in [5, 5.41) is 9.42. The van der Waals surface area contributed by atoms with Crippen LogP contribution >= 0.6 is 0 Å². The maximum Gasteiger partial charge on any atom is 0.161 e. The third kappa shape index (κ3) is 4.87. The first kappa shape index (κ1) is 13.5. The van der Waals surface area contributed by atoms with Crippen LogP contribution in [0, 0.1) is 0 Å². The van der Waals surface area contributed by atoms with E-state index in [1.807, 2.05) is 0 Å². The number of aliphatic imine (C=N–C) groups is 1. The van der Waals surface area contributed by atoms with Crippen LogP contribution in [0.1, 0.15) is 24.8 Å². The number of nitrogens with zero attached hydrogens (tertiary/aromatic N) is 1. The lowest BCUT2D eigenvalue weighted by molar-refractivity contribution is 0.373. The molecule has 0 aliphatic heterocycles. The van der Waals surface area contributed by atoms with E-state index < -0.39 is 0 Å². The van der Waals surface area contributed by atoms with Crippen molar-refractivity contribution in [1.82, 2.24) is 0 Å². The van der Waals surface area contributed by atoms with Crippen molar-refractivity contribution < 1.29 is 9.84 Å². The van der Waals surface area contributed by atoms with Crippen LogP contribution in [-0.2, 0) is 0 Å².